The molecule has 0 heterocycles. The van der Waals surface area contributed by atoms with Crippen molar-refractivity contribution in [2.24, 2.45) is 0 Å². The number of rotatable bonds is 1. The first-order valence-corrected chi connectivity index (χ1v) is 7.93. The average molecular weight is 280 g/mol. The largest absolute Gasteiger partial charge is 0.0804 e. The summed E-state index contributed by atoms with van der Waals surface area (Å²) in [7, 11) is 0. The van der Waals surface area contributed by atoms with Crippen molar-refractivity contribution in [2.75, 3.05) is 0 Å². The fourth-order valence-electron chi connectivity index (χ4n) is 3.53. The van der Waals surface area contributed by atoms with Crippen molar-refractivity contribution < 1.29 is 0 Å². The zero-order valence-corrected chi connectivity index (χ0v) is 12.3. The van der Waals surface area contributed by atoms with Crippen LogP contribution < -0.4 is 0 Å². The Hall–Kier alpha value is -2.60. The van der Waals surface area contributed by atoms with Crippen LogP contribution in [-0.4, -0.2) is 0 Å². The van der Waals surface area contributed by atoms with Crippen molar-refractivity contribution in [2.45, 2.75) is 12.8 Å². The number of hydrogen-bond acceptors (Lipinski definition) is 0. The van der Waals surface area contributed by atoms with Gasteiger partial charge < -0.3 is 0 Å². The minimum atomic E-state index is 1.22. The summed E-state index contributed by atoms with van der Waals surface area (Å²) in [5, 5.41) is 8.01. The van der Waals surface area contributed by atoms with Gasteiger partial charge in [0.05, 0.1) is 0 Å². The predicted octanol–water partition coefficient (Wildman–Crippen LogP) is 6.32. The highest BCUT2D eigenvalue weighted by Crippen LogP contribution is 2.36. The normalized spacial score (nSPS) is 14.3. The quantitative estimate of drug-likeness (QED) is 0.358. The zero-order chi connectivity index (χ0) is 14.5. The molecule has 0 aliphatic heterocycles. The van der Waals surface area contributed by atoms with Crippen LogP contribution in [0.5, 0.6) is 0 Å². The highest BCUT2D eigenvalue weighted by molar-refractivity contribution is 6.07. The van der Waals surface area contributed by atoms with Crippen LogP contribution in [0.1, 0.15) is 18.4 Å². The second-order valence-electron chi connectivity index (χ2n) is 6.19. The van der Waals surface area contributed by atoms with Gasteiger partial charge in [-0.15, -0.1) is 0 Å². The van der Waals surface area contributed by atoms with Gasteiger partial charge in [0, 0.05) is 0 Å². The Morgan fingerprint density at radius 3 is 1.91 bits per heavy atom. The van der Waals surface area contributed by atoms with E-state index in [0.717, 1.165) is 0 Å². The van der Waals surface area contributed by atoms with E-state index in [2.05, 4.69) is 72.8 Å². The second kappa shape index (κ2) is 4.45. The van der Waals surface area contributed by atoms with E-state index < -0.39 is 0 Å². The molecule has 0 aromatic heterocycles. The Labute approximate surface area is 129 Å². The summed E-state index contributed by atoms with van der Waals surface area (Å²) in [6.07, 6.45) is 4.80. The molecule has 0 unspecified atom stereocenters. The smallest absolute Gasteiger partial charge is 0.0102 e. The first-order chi connectivity index (χ1) is 10.9. The maximum absolute atomic E-state index is 2.37. The first kappa shape index (κ1) is 12.0. The van der Waals surface area contributed by atoms with Gasteiger partial charge in [-0.3, -0.25) is 0 Å². The summed E-state index contributed by atoms with van der Waals surface area (Å²) < 4.78 is 0. The van der Waals surface area contributed by atoms with Gasteiger partial charge in [-0.05, 0) is 80.6 Å². The van der Waals surface area contributed by atoms with Crippen LogP contribution in [0.2, 0.25) is 0 Å². The topological polar surface area (TPSA) is 0 Å². The van der Waals surface area contributed by atoms with Crippen LogP contribution in [0.3, 0.4) is 0 Å². The Kier molecular flexibility index (Phi) is 2.42. The lowest BCUT2D eigenvalue weighted by molar-refractivity contribution is 0.991. The molecule has 5 rings (SSSR count). The van der Waals surface area contributed by atoms with Crippen LogP contribution in [-0.2, 0) is 0 Å². The van der Waals surface area contributed by atoms with E-state index in [1.54, 1.807) is 0 Å². The van der Waals surface area contributed by atoms with E-state index >= 15 is 0 Å². The molecule has 0 spiro atoms. The third kappa shape index (κ3) is 1.70. The molecule has 0 N–H and O–H groups in total. The van der Waals surface area contributed by atoms with Gasteiger partial charge in [0.1, 0.15) is 0 Å². The number of fused-ring (bicyclic) bond motifs is 3. The summed E-state index contributed by atoms with van der Waals surface area (Å²) in [5.74, 6) is 0. The van der Waals surface area contributed by atoms with Crippen molar-refractivity contribution in [3.63, 3.8) is 0 Å². The molecule has 0 heteroatoms. The lowest BCUT2D eigenvalue weighted by Gasteiger charge is -2.17. The van der Waals surface area contributed by atoms with Crippen LogP contribution in [0, 0.1) is 0 Å². The van der Waals surface area contributed by atoms with Gasteiger partial charge in [0.15, 0.2) is 0 Å². The van der Waals surface area contributed by atoms with Gasteiger partial charge in [-0.25, -0.2) is 0 Å². The summed E-state index contributed by atoms with van der Waals surface area (Å²) in [6, 6.07) is 24.6. The molecule has 4 aromatic rings. The van der Waals surface area contributed by atoms with Gasteiger partial charge in [0.2, 0.25) is 0 Å². The third-order valence-corrected chi connectivity index (χ3v) is 4.85. The Morgan fingerprint density at radius 2 is 1.23 bits per heavy atom. The third-order valence-electron chi connectivity index (χ3n) is 4.85. The van der Waals surface area contributed by atoms with Gasteiger partial charge >= 0.3 is 0 Å². The maximum atomic E-state index is 2.37. The fraction of sp³-hybridized carbons (Fsp3) is 0.0909. The van der Waals surface area contributed by atoms with Crippen molar-refractivity contribution in [3.8, 4) is 0 Å². The number of benzene rings is 4. The van der Waals surface area contributed by atoms with Gasteiger partial charge in [-0.1, -0.05) is 48.5 Å². The van der Waals surface area contributed by atoms with E-state index in [4.69, 9.17) is 0 Å². The van der Waals surface area contributed by atoms with E-state index in [-0.39, 0.29) is 0 Å². The SMILES string of the molecule is C1=C(c2cccc3cc4cc5ccccc5cc4cc23)CC1. The Bertz CT molecular complexity index is 1070. The Morgan fingerprint density at radius 1 is 0.591 bits per heavy atom. The molecule has 1 aliphatic carbocycles. The molecule has 4 aromatic carbocycles. The zero-order valence-electron chi connectivity index (χ0n) is 12.3. The standard InChI is InChI=1S/C22H16/c1-2-6-17-12-20-14-22-18(13-19(20)11-16(17)5-1)9-4-10-21(22)15-7-3-8-15/h1-2,4-7,9-14H,3,8H2. The molecule has 0 fully saturated rings. The van der Waals surface area contributed by atoms with Crippen molar-refractivity contribution in [3.05, 3.63) is 78.4 Å². The van der Waals surface area contributed by atoms with Crippen molar-refractivity contribution in [1.82, 2.24) is 0 Å². The summed E-state index contributed by atoms with van der Waals surface area (Å²) >= 11 is 0. The molecule has 0 nitrogen and oxygen atoms in total. The minimum absolute atomic E-state index is 1.22. The number of allylic oxidation sites excluding steroid dienone is 2. The molecule has 0 saturated heterocycles. The molecular weight excluding hydrogens is 264 g/mol. The second-order valence-corrected chi connectivity index (χ2v) is 6.19. The van der Waals surface area contributed by atoms with Crippen LogP contribution >= 0.6 is 0 Å². The lowest BCUT2D eigenvalue weighted by atomic mass is 9.87. The van der Waals surface area contributed by atoms with Crippen LogP contribution in [0.25, 0.3) is 37.9 Å². The molecule has 0 bridgehead atoms. The summed E-state index contributed by atoms with van der Waals surface area (Å²) in [4.78, 5) is 0. The molecule has 0 saturated carbocycles. The van der Waals surface area contributed by atoms with E-state index in [1.165, 1.54) is 56.3 Å². The lowest BCUT2D eigenvalue weighted by Crippen LogP contribution is -1.94. The highest BCUT2D eigenvalue weighted by Gasteiger charge is 2.12. The molecule has 104 valence electrons. The molecule has 0 amide bonds. The summed E-state index contributed by atoms with van der Waals surface area (Å²) in [6.45, 7) is 0. The van der Waals surface area contributed by atoms with E-state index in [1.807, 2.05) is 0 Å². The van der Waals surface area contributed by atoms with Crippen LogP contribution in [0.4, 0.5) is 0 Å². The minimum Gasteiger partial charge on any atom is -0.0804 e. The van der Waals surface area contributed by atoms with E-state index in [9.17, 15) is 0 Å². The van der Waals surface area contributed by atoms with Gasteiger partial charge in [0.25, 0.3) is 0 Å². The number of hydrogen-bond donors (Lipinski definition) is 0. The fourth-order valence-corrected chi connectivity index (χ4v) is 3.53. The predicted molar refractivity (Wildman–Crippen MR) is 96.2 cm³/mol. The maximum Gasteiger partial charge on any atom is -0.0102 e. The summed E-state index contributed by atoms with van der Waals surface area (Å²) in [5.41, 5.74) is 2.92. The first-order valence-electron chi connectivity index (χ1n) is 7.93. The molecule has 22 heavy (non-hydrogen) atoms. The monoisotopic (exact) mass is 280 g/mol. The van der Waals surface area contributed by atoms with Crippen LogP contribution in [0.15, 0.2) is 72.8 Å². The van der Waals surface area contributed by atoms with E-state index in [0.29, 0.717) is 0 Å². The van der Waals surface area contributed by atoms with Crippen molar-refractivity contribution in [1.29, 1.82) is 0 Å². The molecule has 1 aliphatic rings. The van der Waals surface area contributed by atoms with Crippen molar-refractivity contribution >= 4 is 37.9 Å². The molecular formula is C22H16. The molecule has 0 radical (unpaired) electrons. The average Bonchev–Trinajstić information content (AvgIpc) is 2.50. The van der Waals surface area contributed by atoms with Gasteiger partial charge in [-0.2, -0.15) is 0 Å². The molecule has 0 atom stereocenters. The Balaban J connectivity index is 1.89. The highest BCUT2D eigenvalue weighted by atomic mass is 14.2.